The molecule has 1 aliphatic heterocycles. The van der Waals surface area contributed by atoms with Crippen LogP contribution in [0.25, 0.3) is 10.7 Å². The summed E-state index contributed by atoms with van der Waals surface area (Å²) in [5, 5.41) is 11.5. The number of ketones is 1. The summed E-state index contributed by atoms with van der Waals surface area (Å²) in [6, 6.07) is 10.3. The summed E-state index contributed by atoms with van der Waals surface area (Å²) < 4.78 is 8.01. The van der Waals surface area contributed by atoms with Gasteiger partial charge in [0.1, 0.15) is 0 Å². The summed E-state index contributed by atoms with van der Waals surface area (Å²) in [5.74, 6) is 1.01. The second-order valence-electron chi connectivity index (χ2n) is 7.99. The Morgan fingerprint density at radius 3 is 2.97 bits per heavy atom. The lowest BCUT2D eigenvalue weighted by Crippen LogP contribution is -2.19. The fraction of sp³-hybridized carbons (Fsp3) is 0.435. The molecule has 0 radical (unpaired) electrons. The highest BCUT2D eigenvalue weighted by Gasteiger charge is 2.26. The summed E-state index contributed by atoms with van der Waals surface area (Å²) >= 11 is 3.15. The van der Waals surface area contributed by atoms with Gasteiger partial charge in [-0.1, -0.05) is 30.0 Å². The SMILES string of the molecule is CC(Sc1nnc(-c2cccs2)n1CC1CCCO1)C(=O)c1ccc2c(c1)CCC2. The van der Waals surface area contributed by atoms with E-state index in [2.05, 4.69) is 33.0 Å². The van der Waals surface area contributed by atoms with E-state index in [0.29, 0.717) is 0 Å². The molecule has 7 heteroatoms. The number of Topliss-reactive ketones (excluding diaryl/α,β-unsaturated/α-hetero) is 1. The molecule has 30 heavy (non-hydrogen) atoms. The maximum atomic E-state index is 13.1. The third kappa shape index (κ3) is 3.98. The van der Waals surface area contributed by atoms with Gasteiger partial charge in [-0.05, 0) is 67.7 Å². The largest absolute Gasteiger partial charge is 0.376 e. The topological polar surface area (TPSA) is 57.0 Å². The van der Waals surface area contributed by atoms with Gasteiger partial charge >= 0.3 is 0 Å². The Kier molecular flexibility index (Phi) is 5.76. The van der Waals surface area contributed by atoms with E-state index in [4.69, 9.17) is 4.74 Å². The number of rotatable bonds is 7. The van der Waals surface area contributed by atoms with Gasteiger partial charge in [0.25, 0.3) is 0 Å². The second-order valence-corrected chi connectivity index (χ2v) is 10.2. The first-order valence-corrected chi connectivity index (χ1v) is 12.4. The minimum Gasteiger partial charge on any atom is -0.376 e. The standard InChI is InChI=1S/C23H25N3O2S2/c1-15(21(27)18-10-9-16-5-2-6-17(16)13-18)30-23-25-24-22(20-8-4-12-29-20)26(23)14-19-7-3-11-28-19/h4,8-10,12-13,15,19H,2-3,5-7,11,14H2,1H3. The second kappa shape index (κ2) is 8.65. The minimum atomic E-state index is -0.229. The average Bonchev–Trinajstić information content (AvgIpc) is 3.55. The normalized spacial score (nSPS) is 19.2. The van der Waals surface area contributed by atoms with E-state index in [1.165, 1.54) is 29.3 Å². The van der Waals surface area contributed by atoms with Gasteiger partial charge in [0.15, 0.2) is 16.8 Å². The van der Waals surface area contributed by atoms with Crippen molar-refractivity contribution >= 4 is 28.9 Å². The molecule has 0 N–H and O–H groups in total. The number of fused-ring (bicyclic) bond motifs is 1. The molecule has 1 aromatic carbocycles. The fourth-order valence-electron chi connectivity index (χ4n) is 4.29. The van der Waals surface area contributed by atoms with Crippen molar-refractivity contribution in [3.8, 4) is 10.7 Å². The zero-order valence-electron chi connectivity index (χ0n) is 17.0. The molecule has 2 aliphatic rings. The van der Waals surface area contributed by atoms with Gasteiger partial charge in [-0.2, -0.15) is 0 Å². The molecule has 0 spiro atoms. The van der Waals surface area contributed by atoms with Gasteiger partial charge in [0.05, 0.1) is 22.8 Å². The molecule has 0 saturated carbocycles. The number of aromatic nitrogens is 3. The quantitative estimate of drug-likeness (QED) is 0.381. The van der Waals surface area contributed by atoms with Crippen LogP contribution in [0.2, 0.25) is 0 Å². The number of thioether (sulfide) groups is 1. The van der Waals surface area contributed by atoms with Crippen LogP contribution in [-0.4, -0.2) is 38.5 Å². The van der Waals surface area contributed by atoms with Crippen LogP contribution >= 0.6 is 23.1 Å². The molecule has 0 amide bonds. The number of thiophene rings is 1. The van der Waals surface area contributed by atoms with Crippen LogP contribution in [0.1, 0.15) is 47.7 Å². The maximum Gasteiger partial charge on any atom is 0.192 e. The molecule has 3 aromatic rings. The molecule has 5 nitrogen and oxygen atoms in total. The first-order valence-electron chi connectivity index (χ1n) is 10.6. The monoisotopic (exact) mass is 439 g/mol. The van der Waals surface area contributed by atoms with Crippen molar-refractivity contribution in [3.63, 3.8) is 0 Å². The van der Waals surface area contributed by atoms with Crippen molar-refractivity contribution in [1.29, 1.82) is 0 Å². The Bertz CT molecular complexity index is 1040. The third-order valence-corrected chi connectivity index (χ3v) is 7.85. The van der Waals surface area contributed by atoms with E-state index in [1.54, 1.807) is 11.3 Å². The highest BCUT2D eigenvalue weighted by molar-refractivity contribution is 8.00. The van der Waals surface area contributed by atoms with E-state index in [0.717, 1.165) is 60.3 Å². The Morgan fingerprint density at radius 1 is 1.27 bits per heavy atom. The maximum absolute atomic E-state index is 13.1. The van der Waals surface area contributed by atoms with Crippen LogP contribution in [0.4, 0.5) is 0 Å². The van der Waals surface area contributed by atoms with E-state index in [9.17, 15) is 4.79 Å². The lowest BCUT2D eigenvalue weighted by Gasteiger charge is -2.16. The first-order chi connectivity index (χ1) is 14.7. The van der Waals surface area contributed by atoms with Gasteiger partial charge in [-0.3, -0.25) is 9.36 Å². The highest BCUT2D eigenvalue weighted by Crippen LogP contribution is 2.32. The van der Waals surface area contributed by atoms with E-state index < -0.39 is 0 Å². The summed E-state index contributed by atoms with van der Waals surface area (Å²) in [6.07, 6.45) is 5.73. The number of carbonyl (C=O) groups is 1. The van der Waals surface area contributed by atoms with Gasteiger partial charge < -0.3 is 4.74 Å². The van der Waals surface area contributed by atoms with Crippen LogP contribution < -0.4 is 0 Å². The summed E-state index contributed by atoms with van der Waals surface area (Å²) in [5.41, 5.74) is 3.53. The molecule has 1 fully saturated rings. The molecule has 1 aliphatic carbocycles. The number of nitrogens with zero attached hydrogens (tertiary/aromatic N) is 3. The molecule has 2 unspecified atom stereocenters. The number of hydrogen-bond acceptors (Lipinski definition) is 6. The zero-order valence-corrected chi connectivity index (χ0v) is 18.7. The zero-order chi connectivity index (χ0) is 20.5. The summed E-state index contributed by atoms with van der Waals surface area (Å²) in [4.78, 5) is 14.2. The number of hydrogen-bond donors (Lipinski definition) is 0. The molecule has 0 bridgehead atoms. The Labute approximate surface area is 184 Å². The van der Waals surface area contributed by atoms with Crippen LogP contribution in [0.3, 0.4) is 0 Å². The number of aryl methyl sites for hydroxylation is 2. The van der Waals surface area contributed by atoms with E-state index in [-0.39, 0.29) is 17.1 Å². The Balaban J connectivity index is 1.38. The molecule has 5 rings (SSSR count). The van der Waals surface area contributed by atoms with Crippen molar-refractivity contribution in [1.82, 2.24) is 14.8 Å². The molecule has 3 heterocycles. The fourth-order valence-corrected chi connectivity index (χ4v) is 5.94. The lowest BCUT2D eigenvalue weighted by molar-refractivity contribution is 0.0953. The predicted molar refractivity (Wildman–Crippen MR) is 120 cm³/mol. The summed E-state index contributed by atoms with van der Waals surface area (Å²) in [7, 11) is 0. The Hall–Kier alpha value is -1.96. The van der Waals surface area contributed by atoms with Crippen LogP contribution in [-0.2, 0) is 24.1 Å². The summed E-state index contributed by atoms with van der Waals surface area (Å²) in [6.45, 7) is 3.51. The molecular weight excluding hydrogens is 414 g/mol. The predicted octanol–water partition coefficient (Wildman–Crippen LogP) is 5.04. The third-order valence-electron chi connectivity index (χ3n) is 5.90. The van der Waals surface area contributed by atoms with Crippen LogP contribution in [0, 0.1) is 0 Å². The Morgan fingerprint density at radius 2 is 2.17 bits per heavy atom. The van der Waals surface area contributed by atoms with E-state index >= 15 is 0 Å². The van der Waals surface area contributed by atoms with Gasteiger partial charge in [-0.15, -0.1) is 21.5 Å². The number of benzene rings is 1. The minimum absolute atomic E-state index is 0.152. The number of carbonyl (C=O) groups excluding carboxylic acids is 1. The van der Waals surface area contributed by atoms with Crippen LogP contribution in [0.5, 0.6) is 0 Å². The van der Waals surface area contributed by atoms with Gasteiger partial charge in [0.2, 0.25) is 0 Å². The van der Waals surface area contributed by atoms with Gasteiger partial charge in [0, 0.05) is 12.2 Å². The van der Waals surface area contributed by atoms with Crippen molar-refractivity contribution in [3.05, 3.63) is 52.4 Å². The van der Waals surface area contributed by atoms with Crippen molar-refractivity contribution in [2.75, 3.05) is 6.61 Å². The molecular formula is C23H25N3O2S2. The molecule has 2 aromatic heterocycles. The van der Waals surface area contributed by atoms with E-state index in [1.807, 2.05) is 24.4 Å². The molecule has 2 atom stereocenters. The van der Waals surface area contributed by atoms with Gasteiger partial charge in [-0.25, -0.2) is 0 Å². The van der Waals surface area contributed by atoms with Crippen LogP contribution in [0.15, 0.2) is 40.9 Å². The number of ether oxygens (including phenoxy) is 1. The van der Waals surface area contributed by atoms with Crippen molar-refractivity contribution < 1.29 is 9.53 Å². The molecule has 1 saturated heterocycles. The highest BCUT2D eigenvalue weighted by atomic mass is 32.2. The smallest absolute Gasteiger partial charge is 0.192 e. The van der Waals surface area contributed by atoms with Crippen molar-refractivity contribution in [2.24, 2.45) is 0 Å². The van der Waals surface area contributed by atoms with Crippen molar-refractivity contribution in [2.45, 2.75) is 62.1 Å². The first kappa shape index (κ1) is 20.0. The average molecular weight is 440 g/mol. The lowest BCUT2D eigenvalue weighted by atomic mass is 10.0. The molecule has 156 valence electrons.